The van der Waals surface area contributed by atoms with Crippen LogP contribution in [0.1, 0.15) is 22.7 Å². The average molecular weight is 309 g/mol. The van der Waals surface area contributed by atoms with Crippen LogP contribution in [0, 0.1) is 12.8 Å². The van der Waals surface area contributed by atoms with E-state index in [1.165, 1.54) is 11.8 Å². The van der Waals surface area contributed by atoms with Crippen LogP contribution in [0.5, 0.6) is 0 Å². The Morgan fingerprint density at radius 2 is 2.24 bits per heavy atom. The van der Waals surface area contributed by atoms with Crippen molar-refractivity contribution < 1.29 is 18.9 Å². The van der Waals surface area contributed by atoms with Crippen LogP contribution >= 0.6 is 11.8 Å². The maximum atomic E-state index is 12.0. The summed E-state index contributed by atoms with van der Waals surface area (Å²) in [4.78, 5) is 37.0. The monoisotopic (exact) mass is 309 g/mol. The number of nitrogens with one attached hydrogen (secondary N) is 1. The summed E-state index contributed by atoms with van der Waals surface area (Å²) in [7, 11) is 0. The summed E-state index contributed by atoms with van der Waals surface area (Å²) >= 11 is 1.25. The topological polar surface area (TPSA) is 92.5 Å². The van der Waals surface area contributed by atoms with Crippen LogP contribution in [-0.4, -0.2) is 51.9 Å². The first kappa shape index (κ1) is 14.1. The third-order valence-electron chi connectivity index (χ3n) is 3.64. The number of aromatic nitrogens is 1. The van der Waals surface area contributed by atoms with E-state index >= 15 is 0 Å². The number of likely N-dealkylation sites (tertiary alicyclic amines) is 1. The molecule has 0 spiro atoms. The number of amides is 2. The molecule has 0 aliphatic carbocycles. The summed E-state index contributed by atoms with van der Waals surface area (Å²) in [6, 6.07) is 1.20. The van der Waals surface area contributed by atoms with E-state index in [4.69, 9.17) is 4.52 Å². The molecule has 112 valence electrons. The van der Waals surface area contributed by atoms with Gasteiger partial charge in [0.25, 0.3) is 5.91 Å². The van der Waals surface area contributed by atoms with Gasteiger partial charge in [-0.05, 0) is 13.3 Å². The molecule has 0 bridgehead atoms. The molecule has 1 aromatic heterocycles. The van der Waals surface area contributed by atoms with Gasteiger partial charge in [0.15, 0.2) is 5.69 Å². The van der Waals surface area contributed by atoms with Crippen molar-refractivity contribution >= 4 is 28.7 Å². The van der Waals surface area contributed by atoms with Gasteiger partial charge in [0.1, 0.15) is 5.76 Å². The fraction of sp³-hybridized carbons (Fsp3) is 0.538. The summed E-state index contributed by atoms with van der Waals surface area (Å²) in [5.74, 6) is 0.690. The van der Waals surface area contributed by atoms with Gasteiger partial charge in [-0.25, -0.2) is 0 Å². The summed E-state index contributed by atoms with van der Waals surface area (Å²) in [5.41, 5.74) is 0.258. The highest BCUT2D eigenvalue weighted by Crippen LogP contribution is 2.22. The van der Waals surface area contributed by atoms with Gasteiger partial charge in [0, 0.05) is 24.9 Å². The fourth-order valence-corrected chi connectivity index (χ4v) is 3.29. The first-order valence-corrected chi connectivity index (χ1v) is 7.73. The van der Waals surface area contributed by atoms with Crippen LogP contribution < -0.4 is 5.32 Å². The van der Waals surface area contributed by atoms with Gasteiger partial charge in [-0.3, -0.25) is 14.4 Å². The zero-order valence-corrected chi connectivity index (χ0v) is 12.3. The number of rotatable bonds is 3. The number of nitrogens with zero attached hydrogens (tertiary/aromatic N) is 2. The molecule has 7 nitrogen and oxygen atoms in total. The second-order valence-corrected chi connectivity index (χ2v) is 6.35. The number of hydrogen-bond donors (Lipinski definition) is 1. The Labute approximate surface area is 125 Å². The SMILES string of the molecule is Cc1cc(C(=O)N2CC(C(=O)NC3CCSC3=O)C2)no1. The van der Waals surface area contributed by atoms with Gasteiger partial charge in [-0.1, -0.05) is 16.9 Å². The number of hydrogen-bond acceptors (Lipinski definition) is 6. The third kappa shape index (κ3) is 2.80. The molecule has 2 aliphatic rings. The number of thioether (sulfide) groups is 1. The minimum absolute atomic E-state index is 0.0219. The molecule has 2 aliphatic heterocycles. The van der Waals surface area contributed by atoms with Crippen molar-refractivity contribution in [2.45, 2.75) is 19.4 Å². The maximum Gasteiger partial charge on any atom is 0.276 e. The molecule has 0 saturated carbocycles. The highest BCUT2D eigenvalue weighted by Gasteiger charge is 2.38. The lowest BCUT2D eigenvalue weighted by atomic mass is 9.98. The Morgan fingerprint density at radius 3 is 2.81 bits per heavy atom. The maximum absolute atomic E-state index is 12.0. The Kier molecular flexibility index (Phi) is 3.71. The van der Waals surface area contributed by atoms with Crippen molar-refractivity contribution in [3.8, 4) is 0 Å². The van der Waals surface area contributed by atoms with Crippen LogP contribution in [0.4, 0.5) is 0 Å². The van der Waals surface area contributed by atoms with E-state index in [0.29, 0.717) is 25.3 Å². The second kappa shape index (κ2) is 5.51. The molecule has 1 N–H and O–H groups in total. The predicted octanol–water partition coefficient (Wildman–Crippen LogP) is 0.203. The van der Waals surface area contributed by atoms with E-state index in [0.717, 1.165) is 5.75 Å². The normalized spacial score (nSPS) is 22.2. The van der Waals surface area contributed by atoms with E-state index in [1.54, 1.807) is 17.9 Å². The number of carbonyl (C=O) groups is 3. The van der Waals surface area contributed by atoms with Gasteiger partial charge in [0.05, 0.1) is 12.0 Å². The zero-order valence-electron chi connectivity index (χ0n) is 11.5. The minimum Gasteiger partial charge on any atom is -0.361 e. The van der Waals surface area contributed by atoms with Crippen molar-refractivity contribution in [2.75, 3.05) is 18.8 Å². The Bertz CT molecular complexity index is 594. The Hall–Kier alpha value is -1.83. The highest BCUT2D eigenvalue weighted by molar-refractivity contribution is 8.14. The van der Waals surface area contributed by atoms with Crippen LogP contribution in [0.15, 0.2) is 10.6 Å². The van der Waals surface area contributed by atoms with Gasteiger partial charge >= 0.3 is 0 Å². The van der Waals surface area contributed by atoms with E-state index in [-0.39, 0.29) is 34.6 Å². The van der Waals surface area contributed by atoms with Crippen molar-refractivity contribution in [2.24, 2.45) is 5.92 Å². The van der Waals surface area contributed by atoms with E-state index < -0.39 is 0 Å². The standard InChI is InChI=1S/C13H15N3O4S/c1-7-4-10(15-20-7)12(18)16-5-8(6-16)11(17)14-9-2-3-21-13(9)19/h4,8-9H,2-3,5-6H2,1H3,(H,14,17). The zero-order chi connectivity index (χ0) is 15.0. The summed E-state index contributed by atoms with van der Waals surface area (Å²) in [5, 5.41) is 6.44. The second-order valence-electron chi connectivity index (χ2n) is 5.25. The van der Waals surface area contributed by atoms with Crippen molar-refractivity contribution in [1.29, 1.82) is 0 Å². The molecular weight excluding hydrogens is 294 g/mol. The highest BCUT2D eigenvalue weighted by atomic mass is 32.2. The first-order chi connectivity index (χ1) is 10.0. The van der Waals surface area contributed by atoms with Crippen LogP contribution in [0.2, 0.25) is 0 Å². The lowest BCUT2D eigenvalue weighted by molar-refractivity contribution is -0.131. The molecule has 2 saturated heterocycles. The van der Waals surface area contributed by atoms with E-state index in [1.807, 2.05) is 0 Å². The fourth-order valence-electron chi connectivity index (χ4n) is 2.36. The molecule has 0 aromatic carbocycles. The molecule has 8 heteroatoms. The molecule has 2 fully saturated rings. The van der Waals surface area contributed by atoms with Crippen LogP contribution in [0.3, 0.4) is 0 Å². The third-order valence-corrected chi connectivity index (χ3v) is 4.65. The van der Waals surface area contributed by atoms with Gasteiger partial charge in [-0.2, -0.15) is 0 Å². The number of aryl methyl sites for hydroxylation is 1. The molecule has 3 rings (SSSR count). The largest absolute Gasteiger partial charge is 0.361 e. The van der Waals surface area contributed by atoms with Crippen molar-refractivity contribution in [1.82, 2.24) is 15.4 Å². The average Bonchev–Trinajstić information content (AvgIpc) is 2.97. The predicted molar refractivity (Wildman–Crippen MR) is 74.6 cm³/mol. The number of carbonyl (C=O) groups excluding carboxylic acids is 3. The molecule has 3 heterocycles. The molecule has 1 unspecified atom stereocenters. The molecule has 21 heavy (non-hydrogen) atoms. The lowest BCUT2D eigenvalue weighted by Gasteiger charge is -2.38. The Balaban J connectivity index is 1.50. The quantitative estimate of drug-likeness (QED) is 0.857. The summed E-state index contributed by atoms with van der Waals surface area (Å²) < 4.78 is 4.86. The lowest BCUT2D eigenvalue weighted by Crippen LogP contribution is -2.57. The van der Waals surface area contributed by atoms with E-state index in [9.17, 15) is 14.4 Å². The molecule has 1 atom stereocenters. The van der Waals surface area contributed by atoms with Gasteiger partial charge in [0.2, 0.25) is 11.0 Å². The first-order valence-electron chi connectivity index (χ1n) is 6.74. The van der Waals surface area contributed by atoms with Crippen molar-refractivity contribution in [3.05, 3.63) is 17.5 Å². The smallest absolute Gasteiger partial charge is 0.276 e. The molecule has 1 aromatic rings. The van der Waals surface area contributed by atoms with Crippen molar-refractivity contribution in [3.63, 3.8) is 0 Å². The van der Waals surface area contributed by atoms with E-state index in [2.05, 4.69) is 10.5 Å². The molecular formula is C13H15N3O4S. The summed E-state index contributed by atoms with van der Waals surface area (Å²) in [6.07, 6.45) is 0.683. The Morgan fingerprint density at radius 1 is 1.48 bits per heavy atom. The van der Waals surface area contributed by atoms with Crippen LogP contribution in [-0.2, 0) is 9.59 Å². The minimum atomic E-state index is -0.370. The van der Waals surface area contributed by atoms with Crippen LogP contribution in [0.25, 0.3) is 0 Å². The summed E-state index contributed by atoms with van der Waals surface area (Å²) in [6.45, 7) is 2.42. The molecule has 2 amide bonds. The molecule has 0 radical (unpaired) electrons. The van der Waals surface area contributed by atoms with Gasteiger partial charge in [-0.15, -0.1) is 0 Å². The van der Waals surface area contributed by atoms with Gasteiger partial charge < -0.3 is 14.7 Å².